The normalized spacial score (nSPS) is 13.1. The van der Waals surface area contributed by atoms with Crippen molar-refractivity contribution in [3.63, 3.8) is 0 Å². The first-order valence-corrected chi connectivity index (χ1v) is 6.34. The number of halogens is 1. The van der Waals surface area contributed by atoms with Crippen LogP contribution in [0.5, 0.6) is 0 Å². The molecule has 0 saturated heterocycles. The first-order chi connectivity index (χ1) is 6.72. The fourth-order valence-electron chi connectivity index (χ4n) is 1.43. The fraction of sp³-hybridized carbons (Fsp3) is 0.636. The van der Waals surface area contributed by atoms with E-state index >= 15 is 0 Å². The molecule has 0 saturated carbocycles. The standard InChI is InChI=1S/C11H17ClOS/c1-2-3-4-5-9(13)8-10-6-7-11(12)14-10/h6-7,9,13H,2-5,8H2,1H3. The molecule has 0 amide bonds. The van der Waals surface area contributed by atoms with Crippen LogP contribution < -0.4 is 0 Å². The molecule has 1 heterocycles. The lowest BCUT2D eigenvalue weighted by Crippen LogP contribution is -2.08. The van der Waals surface area contributed by atoms with Crippen LogP contribution in [0, 0.1) is 0 Å². The molecule has 0 aliphatic rings. The van der Waals surface area contributed by atoms with Gasteiger partial charge in [0.15, 0.2) is 0 Å². The van der Waals surface area contributed by atoms with Gasteiger partial charge in [0.25, 0.3) is 0 Å². The van der Waals surface area contributed by atoms with Crippen molar-refractivity contribution in [2.75, 3.05) is 0 Å². The molecule has 0 spiro atoms. The third-order valence-corrected chi connectivity index (χ3v) is 3.46. The van der Waals surface area contributed by atoms with Crippen LogP contribution in [0.25, 0.3) is 0 Å². The summed E-state index contributed by atoms with van der Waals surface area (Å²) in [6.45, 7) is 2.17. The molecule has 1 nitrogen and oxygen atoms in total. The number of thiophene rings is 1. The van der Waals surface area contributed by atoms with Gasteiger partial charge in [-0.25, -0.2) is 0 Å². The van der Waals surface area contributed by atoms with E-state index in [0.29, 0.717) is 0 Å². The summed E-state index contributed by atoms with van der Waals surface area (Å²) in [6, 6.07) is 3.89. The van der Waals surface area contributed by atoms with Crippen LogP contribution in [0.1, 0.15) is 37.5 Å². The maximum absolute atomic E-state index is 9.70. The van der Waals surface area contributed by atoms with Gasteiger partial charge in [-0.3, -0.25) is 0 Å². The molecule has 3 heteroatoms. The van der Waals surface area contributed by atoms with Crippen LogP contribution in [-0.4, -0.2) is 11.2 Å². The van der Waals surface area contributed by atoms with Gasteiger partial charge in [-0.1, -0.05) is 37.8 Å². The van der Waals surface area contributed by atoms with Gasteiger partial charge in [0.2, 0.25) is 0 Å². The molecule has 0 radical (unpaired) electrons. The number of hydrogen-bond acceptors (Lipinski definition) is 2. The Hall–Kier alpha value is -0.0500. The van der Waals surface area contributed by atoms with E-state index in [1.807, 2.05) is 12.1 Å². The highest BCUT2D eigenvalue weighted by atomic mass is 35.5. The molecule has 14 heavy (non-hydrogen) atoms. The second kappa shape index (κ2) is 6.44. The molecule has 0 aliphatic carbocycles. The largest absolute Gasteiger partial charge is 0.393 e. The van der Waals surface area contributed by atoms with E-state index in [0.717, 1.165) is 23.6 Å². The van der Waals surface area contributed by atoms with Crippen molar-refractivity contribution < 1.29 is 5.11 Å². The minimum atomic E-state index is -0.198. The van der Waals surface area contributed by atoms with Gasteiger partial charge in [-0.2, -0.15) is 0 Å². The quantitative estimate of drug-likeness (QED) is 0.738. The summed E-state index contributed by atoms with van der Waals surface area (Å²) in [5, 5.41) is 9.70. The van der Waals surface area contributed by atoms with Gasteiger partial charge < -0.3 is 5.11 Å². The van der Waals surface area contributed by atoms with E-state index in [1.165, 1.54) is 17.7 Å². The average molecular weight is 233 g/mol. The third kappa shape index (κ3) is 4.45. The minimum absolute atomic E-state index is 0.198. The van der Waals surface area contributed by atoms with Crippen molar-refractivity contribution in [2.45, 2.75) is 45.1 Å². The van der Waals surface area contributed by atoms with Gasteiger partial charge in [0.05, 0.1) is 10.4 Å². The lowest BCUT2D eigenvalue weighted by atomic mass is 10.1. The summed E-state index contributed by atoms with van der Waals surface area (Å²) in [5.41, 5.74) is 0. The first kappa shape index (κ1) is 12.0. The van der Waals surface area contributed by atoms with E-state index in [1.54, 1.807) is 11.3 Å². The highest BCUT2D eigenvalue weighted by molar-refractivity contribution is 7.16. The van der Waals surface area contributed by atoms with Crippen LogP contribution in [0.2, 0.25) is 4.34 Å². The van der Waals surface area contributed by atoms with Crippen molar-refractivity contribution in [1.82, 2.24) is 0 Å². The Bertz CT molecular complexity index is 260. The van der Waals surface area contributed by atoms with Crippen LogP contribution in [0.3, 0.4) is 0 Å². The molecule has 0 bridgehead atoms. The molecular weight excluding hydrogens is 216 g/mol. The summed E-state index contributed by atoms with van der Waals surface area (Å²) < 4.78 is 0.806. The minimum Gasteiger partial charge on any atom is -0.393 e. The monoisotopic (exact) mass is 232 g/mol. The van der Waals surface area contributed by atoms with E-state index < -0.39 is 0 Å². The van der Waals surface area contributed by atoms with Crippen LogP contribution in [0.15, 0.2) is 12.1 Å². The number of aliphatic hydroxyl groups excluding tert-OH is 1. The smallest absolute Gasteiger partial charge is 0.0931 e. The van der Waals surface area contributed by atoms with Crippen LogP contribution >= 0.6 is 22.9 Å². The molecule has 1 unspecified atom stereocenters. The van der Waals surface area contributed by atoms with Crippen molar-refractivity contribution in [1.29, 1.82) is 0 Å². The Morgan fingerprint density at radius 2 is 2.21 bits per heavy atom. The lowest BCUT2D eigenvalue weighted by Gasteiger charge is -2.07. The Morgan fingerprint density at radius 3 is 2.79 bits per heavy atom. The highest BCUT2D eigenvalue weighted by Crippen LogP contribution is 2.23. The Labute approximate surface area is 94.7 Å². The lowest BCUT2D eigenvalue weighted by molar-refractivity contribution is 0.162. The summed E-state index contributed by atoms with van der Waals surface area (Å²) in [7, 11) is 0. The van der Waals surface area contributed by atoms with Gasteiger partial charge in [0, 0.05) is 11.3 Å². The molecule has 1 atom stereocenters. The second-order valence-corrected chi connectivity index (χ2v) is 5.36. The molecular formula is C11H17ClOS. The fourth-order valence-corrected chi connectivity index (χ4v) is 2.58. The van der Waals surface area contributed by atoms with E-state index in [-0.39, 0.29) is 6.10 Å². The summed E-state index contributed by atoms with van der Waals surface area (Å²) >= 11 is 7.37. The Morgan fingerprint density at radius 1 is 1.43 bits per heavy atom. The summed E-state index contributed by atoms with van der Waals surface area (Å²) in [4.78, 5) is 1.18. The predicted octanol–water partition coefficient (Wildman–Crippen LogP) is 3.89. The SMILES string of the molecule is CCCCCC(O)Cc1ccc(Cl)s1. The van der Waals surface area contributed by atoms with E-state index in [2.05, 4.69) is 6.92 Å². The number of aliphatic hydroxyl groups is 1. The maximum atomic E-state index is 9.70. The molecule has 80 valence electrons. The van der Waals surface area contributed by atoms with E-state index in [4.69, 9.17) is 11.6 Å². The molecule has 0 aliphatic heterocycles. The summed E-state index contributed by atoms with van der Waals surface area (Å²) in [5.74, 6) is 0. The molecule has 0 aromatic carbocycles. The van der Waals surface area contributed by atoms with Crippen molar-refractivity contribution in [3.8, 4) is 0 Å². The van der Waals surface area contributed by atoms with E-state index in [9.17, 15) is 5.11 Å². The molecule has 1 N–H and O–H groups in total. The topological polar surface area (TPSA) is 20.2 Å². The highest BCUT2D eigenvalue weighted by Gasteiger charge is 2.06. The molecule has 1 aromatic heterocycles. The number of rotatable bonds is 6. The second-order valence-electron chi connectivity index (χ2n) is 3.56. The van der Waals surface area contributed by atoms with Crippen LogP contribution in [-0.2, 0) is 6.42 Å². The zero-order valence-electron chi connectivity index (χ0n) is 8.50. The number of unbranched alkanes of at least 4 members (excludes halogenated alkanes) is 2. The molecule has 1 aromatic rings. The summed E-state index contributed by atoms with van der Waals surface area (Å²) in [6.07, 6.45) is 5.00. The predicted molar refractivity (Wildman–Crippen MR) is 63.2 cm³/mol. The van der Waals surface area contributed by atoms with Crippen molar-refractivity contribution in [3.05, 3.63) is 21.3 Å². The first-order valence-electron chi connectivity index (χ1n) is 5.14. The Balaban J connectivity index is 2.23. The van der Waals surface area contributed by atoms with Crippen LogP contribution in [0.4, 0.5) is 0 Å². The Kier molecular flexibility index (Phi) is 5.53. The molecule has 1 rings (SSSR count). The van der Waals surface area contributed by atoms with Crippen molar-refractivity contribution in [2.24, 2.45) is 0 Å². The zero-order valence-corrected chi connectivity index (χ0v) is 10.1. The maximum Gasteiger partial charge on any atom is 0.0931 e. The third-order valence-electron chi connectivity index (χ3n) is 2.21. The molecule has 0 fully saturated rings. The van der Waals surface area contributed by atoms with Crippen molar-refractivity contribution >= 4 is 22.9 Å². The zero-order chi connectivity index (χ0) is 10.4. The van der Waals surface area contributed by atoms with Gasteiger partial charge in [-0.05, 0) is 18.6 Å². The van der Waals surface area contributed by atoms with Gasteiger partial charge >= 0.3 is 0 Å². The van der Waals surface area contributed by atoms with Gasteiger partial charge in [-0.15, -0.1) is 11.3 Å². The van der Waals surface area contributed by atoms with Gasteiger partial charge in [0.1, 0.15) is 0 Å². The average Bonchev–Trinajstić information content (AvgIpc) is 2.52. The number of hydrogen-bond donors (Lipinski definition) is 1.